The largest absolute Gasteiger partial charge is 0.458 e. The molecule has 4 rings (SSSR count). The van der Waals surface area contributed by atoms with E-state index >= 15 is 0 Å². The predicted octanol–water partition coefficient (Wildman–Crippen LogP) is 2.73. The molecule has 1 atom stereocenters. The molecule has 150 valence electrons. The Kier molecular flexibility index (Phi) is 4.61. The fourth-order valence-corrected chi connectivity index (χ4v) is 3.76. The first-order chi connectivity index (χ1) is 13.3. The molecule has 28 heavy (non-hydrogen) atoms. The van der Waals surface area contributed by atoms with Crippen LogP contribution in [-0.2, 0) is 16.4 Å². The van der Waals surface area contributed by atoms with Gasteiger partial charge in [-0.05, 0) is 38.8 Å². The van der Waals surface area contributed by atoms with Crippen molar-refractivity contribution in [3.05, 3.63) is 41.9 Å². The van der Waals surface area contributed by atoms with Gasteiger partial charge in [0.2, 0.25) is 21.8 Å². The van der Waals surface area contributed by atoms with Crippen molar-refractivity contribution in [2.45, 2.75) is 44.4 Å². The van der Waals surface area contributed by atoms with Gasteiger partial charge in [-0.3, -0.25) is 9.29 Å². The summed E-state index contributed by atoms with van der Waals surface area (Å²) in [6.07, 6.45) is 3.89. The van der Waals surface area contributed by atoms with E-state index in [9.17, 15) is 12.8 Å². The summed E-state index contributed by atoms with van der Waals surface area (Å²) in [4.78, 5) is 7.63. The van der Waals surface area contributed by atoms with E-state index in [4.69, 9.17) is 4.42 Å². The molecule has 1 aliphatic carbocycles. The Morgan fingerprint density at radius 3 is 2.64 bits per heavy atom. The first-order valence-corrected chi connectivity index (χ1v) is 10.4. The van der Waals surface area contributed by atoms with E-state index in [1.165, 1.54) is 6.92 Å². The zero-order chi connectivity index (χ0) is 19.9. The van der Waals surface area contributed by atoms with E-state index in [2.05, 4.69) is 24.9 Å². The summed E-state index contributed by atoms with van der Waals surface area (Å²) in [6, 6.07) is 3.73. The molecule has 0 saturated heterocycles. The van der Waals surface area contributed by atoms with Gasteiger partial charge >= 0.3 is 0 Å². The number of aromatic nitrogens is 5. The van der Waals surface area contributed by atoms with Gasteiger partial charge < -0.3 is 4.42 Å². The van der Waals surface area contributed by atoms with Gasteiger partial charge in [0, 0.05) is 13.9 Å². The summed E-state index contributed by atoms with van der Waals surface area (Å²) in [6.45, 7) is 3.35. The van der Waals surface area contributed by atoms with E-state index < -0.39 is 21.1 Å². The summed E-state index contributed by atoms with van der Waals surface area (Å²) in [7, 11) is -3.79. The van der Waals surface area contributed by atoms with E-state index in [-0.39, 0.29) is 25.7 Å². The first-order valence-electron chi connectivity index (χ1n) is 8.83. The minimum Gasteiger partial charge on any atom is -0.458 e. The molecule has 9 nitrogen and oxygen atoms in total. The second-order valence-electron chi connectivity index (χ2n) is 6.84. The topological polar surface area (TPSA) is 116 Å². The Morgan fingerprint density at radius 1 is 1.32 bits per heavy atom. The SMILES string of the molecule is Cc1ccc(-c2nnc(NS(=O)(=O)[C@H](C)Cc3ncc(F)cn3)n2C2CC2)o1.[HH]. The van der Waals surface area contributed by atoms with E-state index in [0.717, 1.165) is 31.0 Å². The van der Waals surface area contributed by atoms with Gasteiger partial charge in [0.15, 0.2) is 11.6 Å². The van der Waals surface area contributed by atoms with Crippen LogP contribution in [0.1, 0.15) is 38.8 Å². The van der Waals surface area contributed by atoms with Gasteiger partial charge in [-0.25, -0.2) is 22.8 Å². The van der Waals surface area contributed by atoms with Crippen molar-refractivity contribution in [2.75, 3.05) is 4.72 Å². The molecular weight excluding hydrogens is 387 g/mol. The second kappa shape index (κ2) is 6.97. The van der Waals surface area contributed by atoms with Crippen molar-refractivity contribution in [3.8, 4) is 11.6 Å². The van der Waals surface area contributed by atoms with Crippen molar-refractivity contribution in [3.63, 3.8) is 0 Å². The molecule has 0 radical (unpaired) electrons. The molecule has 0 unspecified atom stereocenters. The predicted molar refractivity (Wildman–Crippen MR) is 101 cm³/mol. The molecule has 0 bridgehead atoms. The van der Waals surface area contributed by atoms with Crippen molar-refractivity contribution in [2.24, 2.45) is 0 Å². The third-order valence-electron chi connectivity index (χ3n) is 4.48. The fraction of sp³-hybridized carbons (Fsp3) is 0.412. The molecule has 0 spiro atoms. The molecule has 1 N–H and O–H groups in total. The van der Waals surface area contributed by atoms with Crippen LogP contribution in [0, 0.1) is 12.7 Å². The maximum atomic E-state index is 12.9. The van der Waals surface area contributed by atoms with Crippen LogP contribution in [0.15, 0.2) is 28.9 Å². The Morgan fingerprint density at radius 2 is 2.04 bits per heavy atom. The van der Waals surface area contributed by atoms with Crippen LogP contribution in [0.3, 0.4) is 0 Å². The number of halogens is 1. The Hall–Kier alpha value is -2.82. The minimum atomic E-state index is -3.79. The molecule has 3 aromatic heterocycles. The number of anilines is 1. The number of rotatable bonds is 7. The summed E-state index contributed by atoms with van der Waals surface area (Å²) in [5, 5.41) is 7.30. The molecule has 1 fully saturated rings. The molecule has 0 amide bonds. The molecule has 11 heteroatoms. The van der Waals surface area contributed by atoms with Gasteiger partial charge in [0.05, 0.1) is 17.6 Å². The number of furan rings is 1. The number of hydrogen-bond donors (Lipinski definition) is 1. The molecule has 0 aliphatic heterocycles. The Labute approximate surface area is 162 Å². The van der Waals surface area contributed by atoms with Crippen LogP contribution in [0.2, 0.25) is 0 Å². The highest BCUT2D eigenvalue weighted by Gasteiger charge is 2.33. The van der Waals surface area contributed by atoms with Gasteiger partial charge in [-0.2, -0.15) is 0 Å². The highest BCUT2D eigenvalue weighted by Crippen LogP contribution is 2.40. The fourth-order valence-electron chi connectivity index (χ4n) is 2.80. The summed E-state index contributed by atoms with van der Waals surface area (Å²) in [5.74, 6) is 1.58. The quantitative estimate of drug-likeness (QED) is 0.639. The van der Waals surface area contributed by atoms with Gasteiger partial charge in [0.25, 0.3) is 0 Å². The lowest BCUT2D eigenvalue weighted by molar-refractivity contribution is 0.538. The van der Waals surface area contributed by atoms with Crippen LogP contribution in [-0.4, -0.2) is 38.4 Å². The zero-order valence-corrected chi connectivity index (χ0v) is 16.1. The zero-order valence-electron chi connectivity index (χ0n) is 15.3. The molecular formula is C17H21FN6O3S. The average molecular weight is 408 g/mol. The molecule has 0 aromatic carbocycles. The molecule has 3 aromatic rings. The summed E-state index contributed by atoms with van der Waals surface area (Å²) >= 11 is 0. The van der Waals surface area contributed by atoms with Gasteiger partial charge in [0.1, 0.15) is 11.6 Å². The van der Waals surface area contributed by atoms with Crippen molar-refractivity contribution >= 4 is 16.0 Å². The van der Waals surface area contributed by atoms with Crippen LogP contribution in [0.25, 0.3) is 11.6 Å². The summed E-state index contributed by atoms with van der Waals surface area (Å²) < 4.78 is 48.4. The second-order valence-corrected chi connectivity index (χ2v) is 8.94. The van der Waals surface area contributed by atoms with Gasteiger partial charge in [-0.1, -0.05) is 0 Å². The Bertz CT molecular complexity index is 1090. The molecule has 1 aliphatic rings. The number of nitrogens with one attached hydrogen (secondary N) is 1. The van der Waals surface area contributed by atoms with E-state index in [1.807, 2.05) is 13.0 Å². The molecule has 3 heterocycles. The third kappa shape index (κ3) is 3.75. The number of sulfonamides is 1. The highest BCUT2D eigenvalue weighted by molar-refractivity contribution is 7.93. The smallest absolute Gasteiger partial charge is 0.238 e. The number of aryl methyl sites for hydroxylation is 1. The van der Waals surface area contributed by atoms with Crippen LogP contribution >= 0.6 is 0 Å². The lowest BCUT2D eigenvalue weighted by atomic mass is 10.3. The monoisotopic (exact) mass is 408 g/mol. The van der Waals surface area contributed by atoms with Crippen LogP contribution in [0.5, 0.6) is 0 Å². The van der Waals surface area contributed by atoms with E-state index in [0.29, 0.717) is 11.6 Å². The Balaban J connectivity index is 0.00000240. The minimum absolute atomic E-state index is 0. The standard InChI is InChI=1S/C17H19FN6O3S.H2/c1-10-3-6-14(27-10)16-21-22-17(24(16)13-4-5-13)23-28(25,26)11(2)7-15-19-8-12(18)9-20-15;/h3,6,8-9,11,13H,4-5,7H2,1-2H3,(H,22,23);1H/t11-;/m1./s1. The number of nitrogens with zero attached hydrogens (tertiary/aromatic N) is 5. The highest BCUT2D eigenvalue weighted by atomic mass is 32.2. The first kappa shape index (κ1) is 18.5. The molecule has 1 saturated carbocycles. The normalized spacial score (nSPS) is 15.5. The van der Waals surface area contributed by atoms with E-state index in [1.54, 1.807) is 10.6 Å². The summed E-state index contributed by atoms with van der Waals surface area (Å²) in [5.41, 5.74) is 0. The number of hydrogen-bond acceptors (Lipinski definition) is 7. The van der Waals surface area contributed by atoms with Crippen LogP contribution < -0.4 is 4.72 Å². The van der Waals surface area contributed by atoms with Gasteiger partial charge in [-0.15, -0.1) is 10.2 Å². The third-order valence-corrected chi connectivity index (χ3v) is 6.17. The maximum absolute atomic E-state index is 12.9. The lowest BCUT2D eigenvalue weighted by Gasteiger charge is -2.14. The average Bonchev–Trinajstić information content (AvgIpc) is 3.26. The van der Waals surface area contributed by atoms with Crippen molar-refractivity contribution in [1.82, 2.24) is 24.7 Å². The van der Waals surface area contributed by atoms with Crippen molar-refractivity contribution < 1.29 is 18.7 Å². The maximum Gasteiger partial charge on any atom is 0.238 e. The lowest BCUT2D eigenvalue weighted by Crippen LogP contribution is -2.29. The van der Waals surface area contributed by atoms with Crippen molar-refractivity contribution in [1.29, 1.82) is 0 Å². The van der Waals surface area contributed by atoms with Crippen LogP contribution in [0.4, 0.5) is 10.3 Å².